The summed E-state index contributed by atoms with van der Waals surface area (Å²) in [6, 6.07) is 0. The van der Waals surface area contributed by atoms with Crippen molar-refractivity contribution >= 4 is 11.8 Å². The highest BCUT2D eigenvalue weighted by molar-refractivity contribution is 5.80. The Morgan fingerprint density at radius 2 is 1.76 bits per heavy atom. The van der Waals surface area contributed by atoms with E-state index in [2.05, 4.69) is 6.08 Å². The second-order valence-electron chi connectivity index (χ2n) is 7.85. The molecule has 3 aliphatic rings. The van der Waals surface area contributed by atoms with E-state index in [-0.39, 0.29) is 24.0 Å². The SMILES string of the molecule is C[C@@H]1CN(C(=O)CCCC(=O)N2CCCC3CCCC=C32)C[C@H](C)O1. The van der Waals surface area contributed by atoms with Crippen molar-refractivity contribution in [3.63, 3.8) is 0 Å². The maximum absolute atomic E-state index is 12.7. The molecule has 2 amide bonds. The number of fused-ring (bicyclic) bond motifs is 1. The summed E-state index contributed by atoms with van der Waals surface area (Å²) in [4.78, 5) is 29.0. The van der Waals surface area contributed by atoms with Gasteiger partial charge >= 0.3 is 0 Å². The second kappa shape index (κ2) is 8.35. The second-order valence-corrected chi connectivity index (χ2v) is 7.85. The van der Waals surface area contributed by atoms with Gasteiger partial charge in [-0.1, -0.05) is 6.08 Å². The molecular weight excluding hydrogens is 316 g/mol. The number of amides is 2. The molecule has 0 aromatic carbocycles. The Hall–Kier alpha value is -1.36. The molecule has 140 valence electrons. The van der Waals surface area contributed by atoms with Crippen molar-refractivity contribution in [1.29, 1.82) is 0 Å². The lowest BCUT2D eigenvalue weighted by atomic mass is 9.85. The molecule has 0 aromatic heterocycles. The van der Waals surface area contributed by atoms with Crippen molar-refractivity contribution in [2.45, 2.75) is 77.4 Å². The smallest absolute Gasteiger partial charge is 0.226 e. The standard InChI is InChI=1S/C20H32N2O3/c1-15-13-21(14-16(2)25-15)19(23)10-5-11-20(24)22-12-6-8-17-7-3-4-9-18(17)22/h9,15-17H,3-8,10-14H2,1-2H3/t15-,16+,17?. The van der Waals surface area contributed by atoms with Gasteiger partial charge in [-0.15, -0.1) is 0 Å². The van der Waals surface area contributed by atoms with Gasteiger partial charge in [0.25, 0.3) is 0 Å². The van der Waals surface area contributed by atoms with E-state index in [0.29, 0.717) is 38.3 Å². The average molecular weight is 348 g/mol. The molecule has 1 unspecified atom stereocenters. The molecule has 0 radical (unpaired) electrons. The van der Waals surface area contributed by atoms with Crippen LogP contribution in [0.2, 0.25) is 0 Å². The predicted molar refractivity (Wildman–Crippen MR) is 96.8 cm³/mol. The first kappa shape index (κ1) is 18.4. The number of allylic oxidation sites excluding steroid dienone is 2. The van der Waals surface area contributed by atoms with Crippen molar-refractivity contribution in [3.8, 4) is 0 Å². The number of ether oxygens (including phenoxy) is 1. The molecule has 3 rings (SSSR count). The number of piperidine rings is 1. The van der Waals surface area contributed by atoms with Crippen LogP contribution in [0.5, 0.6) is 0 Å². The number of carbonyl (C=O) groups excluding carboxylic acids is 2. The Balaban J connectivity index is 1.46. The van der Waals surface area contributed by atoms with E-state index in [1.165, 1.54) is 25.0 Å². The normalized spacial score (nSPS) is 29.8. The molecule has 0 spiro atoms. The molecule has 25 heavy (non-hydrogen) atoms. The summed E-state index contributed by atoms with van der Waals surface area (Å²) in [5, 5.41) is 0. The van der Waals surface area contributed by atoms with Gasteiger partial charge in [-0.05, 0) is 58.3 Å². The third kappa shape index (κ3) is 4.63. The van der Waals surface area contributed by atoms with Crippen LogP contribution in [0, 0.1) is 5.92 Å². The van der Waals surface area contributed by atoms with Crippen LogP contribution in [0.1, 0.15) is 65.2 Å². The molecule has 2 fully saturated rings. The summed E-state index contributed by atoms with van der Waals surface area (Å²) in [6.07, 6.45) is 9.95. The molecule has 0 bridgehead atoms. The Morgan fingerprint density at radius 1 is 1.08 bits per heavy atom. The number of rotatable bonds is 4. The van der Waals surface area contributed by atoms with Crippen LogP contribution >= 0.6 is 0 Å². The van der Waals surface area contributed by atoms with Crippen LogP contribution in [-0.4, -0.2) is 53.5 Å². The van der Waals surface area contributed by atoms with E-state index in [0.717, 1.165) is 19.4 Å². The molecule has 5 heteroatoms. The summed E-state index contributed by atoms with van der Waals surface area (Å²) in [6.45, 7) is 6.19. The molecule has 0 aromatic rings. The van der Waals surface area contributed by atoms with Crippen molar-refractivity contribution in [2.24, 2.45) is 5.92 Å². The molecule has 0 saturated carbocycles. The lowest BCUT2D eigenvalue weighted by Gasteiger charge is -2.38. The first-order valence-corrected chi connectivity index (χ1v) is 9.98. The van der Waals surface area contributed by atoms with Gasteiger partial charge in [-0.3, -0.25) is 9.59 Å². The molecular formula is C20H32N2O3. The summed E-state index contributed by atoms with van der Waals surface area (Å²) in [5.74, 6) is 0.946. The number of likely N-dealkylation sites (tertiary alicyclic amines) is 1. The lowest BCUT2D eigenvalue weighted by Crippen LogP contribution is -2.48. The first-order chi connectivity index (χ1) is 12.0. The predicted octanol–water partition coefficient (Wildman–Crippen LogP) is 3.10. The third-order valence-electron chi connectivity index (χ3n) is 5.63. The van der Waals surface area contributed by atoms with Gasteiger partial charge in [0.2, 0.25) is 11.8 Å². The highest BCUT2D eigenvalue weighted by atomic mass is 16.5. The molecule has 3 atom stereocenters. The fraction of sp³-hybridized carbons (Fsp3) is 0.800. The minimum absolute atomic E-state index is 0.0952. The highest BCUT2D eigenvalue weighted by Gasteiger charge is 2.30. The Morgan fingerprint density at radius 3 is 2.52 bits per heavy atom. The lowest BCUT2D eigenvalue weighted by molar-refractivity contribution is -0.143. The van der Waals surface area contributed by atoms with E-state index in [1.807, 2.05) is 23.6 Å². The molecule has 2 aliphatic heterocycles. The zero-order valence-electron chi connectivity index (χ0n) is 15.7. The van der Waals surface area contributed by atoms with Gasteiger partial charge in [0.15, 0.2) is 0 Å². The van der Waals surface area contributed by atoms with Crippen molar-refractivity contribution in [2.75, 3.05) is 19.6 Å². The quantitative estimate of drug-likeness (QED) is 0.784. The van der Waals surface area contributed by atoms with E-state index in [1.54, 1.807) is 0 Å². The van der Waals surface area contributed by atoms with Crippen LogP contribution in [0.4, 0.5) is 0 Å². The highest BCUT2D eigenvalue weighted by Crippen LogP contribution is 2.35. The van der Waals surface area contributed by atoms with Gasteiger partial charge in [0.05, 0.1) is 12.2 Å². The van der Waals surface area contributed by atoms with Crippen LogP contribution in [0.15, 0.2) is 11.8 Å². The number of carbonyl (C=O) groups is 2. The van der Waals surface area contributed by atoms with Crippen molar-refractivity contribution in [1.82, 2.24) is 9.80 Å². The number of hydrogen-bond donors (Lipinski definition) is 0. The van der Waals surface area contributed by atoms with Gasteiger partial charge in [-0.2, -0.15) is 0 Å². The summed E-state index contributed by atoms with van der Waals surface area (Å²) < 4.78 is 5.68. The number of morpholine rings is 1. The van der Waals surface area contributed by atoms with E-state index >= 15 is 0 Å². The molecule has 0 N–H and O–H groups in total. The monoisotopic (exact) mass is 348 g/mol. The fourth-order valence-electron chi connectivity index (χ4n) is 4.51. The van der Waals surface area contributed by atoms with Crippen LogP contribution in [0.25, 0.3) is 0 Å². The third-order valence-corrected chi connectivity index (χ3v) is 5.63. The summed E-state index contributed by atoms with van der Waals surface area (Å²) in [7, 11) is 0. The zero-order chi connectivity index (χ0) is 17.8. The zero-order valence-corrected chi connectivity index (χ0v) is 15.7. The first-order valence-electron chi connectivity index (χ1n) is 9.98. The minimum atomic E-state index is 0.0952. The minimum Gasteiger partial charge on any atom is -0.372 e. The largest absolute Gasteiger partial charge is 0.372 e. The summed E-state index contributed by atoms with van der Waals surface area (Å²) in [5.41, 5.74) is 1.27. The average Bonchev–Trinajstić information content (AvgIpc) is 2.60. The van der Waals surface area contributed by atoms with E-state index in [4.69, 9.17) is 4.74 Å². The maximum Gasteiger partial charge on any atom is 0.226 e. The Labute approximate surface area is 151 Å². The Kier molecular flexibility index (Phi) is 6.15. The van der Waals surface area contributed by atoms with Crippen LogP contribution in [-0.2, 0) is 14.3 Å². The Bertz CT molecular complexity index is 521. The number of hydrogen-bond acceptors (Lipinski definition) is 3. The fourth-order valence-corrected chi connectivity index (χ4v) is 4.51. The van der Waals surface area contributed by atoms with Gasteiger partial charge in [0.1, 0.15) is 0 Å². The maximum atomic E-state index is 12.7. The molecule has 1 aliphatic carbocycles. The van der Waals surface area contributed by atoms with Gasteiger partial charge < -0.3 is 14.5 Å². The van der Waals surface area contributed by atoms with Gasteiger partial charge in [0, 0.05) is 38.2 Å². The number of nitrogens with zero attached hydrogens (tertiary/aromatic N) is 2. The van der Waals surface area contributed by atoms with Crippen molar-refractivity contribution in [3.05, 3.63) is 11.8 Å². The van der Waals surface area contributed by atoms with Gasteiger partial charge in [-0.25, -0.2) is 0 Å². The van der Waals surface area contributed by atoms with E-state index < -0.39 is 0 Å². The molecule has 2 saturated heterocycles. The molecule has 2 heterocycles. The topological polar surface area (TPSA) is 49.9 Å². The van der Waals surface area contributed by atoms with Crippen LogP contribution in [0.3, 0.4) is 0 Å². The molecule has 5 nitrogen and oxygen atoms in total. The van der Waals surface area contributed by atoms with Crippen LogP contribution < -0.4 is 0 Å². The van der Waals surface area contributed by atoms with Crippen molar-refractivity contribution < 1.29 is 14.3 Å². The summed E-state index contributed by atoms with van der Waals surface area (Å²) >= 11 is 0. The van der Waals surface area contributed by atoms with E-state index in [9.17, 15) is 9.59 Å².